The normalized spacial score (nSPS) is 16.0. The van der Waals surface area contributed by atoms with Crippen molar-refractivity contribution in [3.8, 4) is 0 Å². The summed E-state index contributed by atoms with van der Waals surface area (Å²) in [5.74, 6) is 0.677. The zero-order chi connectivity index (χ0) is 19.6. The van der Waals surface area contributed by atoms with Crippen molar-refractivity contribution in [2.75, 3.05) is 7.05 Å². The minimum Gasteiger partial charge on any atom is -0.345 e. The van der Waals surface area contributed by atoms with Gasteiger partial charge in [-0.3, -0.25) is 14.8 Å². The number of carbonyl (C=O) groups is 1. The van der Waals surface area contributed by atoms with Crippen LogP contribution in [0.25, 0.3) is 0 Å². The van der Waals surface area contributed by atoms with Crippen molar-refractivity contribution in [2.45, 2.75) is 37.9 Å². The highest BCUT2D eigenvalue weighted by molar-refractivity contribution is 5.88. The number of rotatable bonds is 6. The zero-order valence-corrected chi connectivity index (χ0v) is 16.2. The first-order valence-corrected chi connectivity index (χ1v) is 9.57. The van der Waals surface area contributed by atoms with Crippen LogP contribution in [0.3, 0.4) is 0 Å². The second-order valence-electron chi connectivity index (χ2n) is 7.56. The predicted octanol–water partition coefficient (Wildman–Crippen LogP) is 2.65. The highest BCUT2D eigenvalue weighted by Gasteiger charge is 2.47. The molecule has 0 spiro atoms. The molecule has 0 saturated carbocycles. The van der Waals surface area contributed by atoms with E-state index in [1.54, 1.807) is 0 Å². The minimum atomic E-state index is -0.631. The standard InChI is InChI=1S/C22H25N5O/c1-16(20-23-15-24-26-20)25-21(28)22(12-18-10-6-7-11-19(18)13-22)27(2)14-17-8-4-3-5-9-17/h3-11,15-16H,12-14H2,1-2H3,(H,25,28)(H,23,24,26)/t16-/m0/s1. The van der Waals surface area contributed by atoms with Crippen LogP contribution in [0.2, 0.25) is 0 Å². The summed E-state index contributed by atoms with van der Waals surface area (Å²) in [6, 6.07) is 18.4. The Morgan fingerprint density at radius 1 is 1.14 bits per heavy atom. The van der Waals surface area contributed by atoms with Crippen molar-refractivity contribution in [3.63, 3.8) is 0 Å². The van der Waals surface area contributed by atoms with Crippen LogP contribution >= 0.6 is 0 Å². The molecule has 0 unspecified atom stereocenters. The smallest absolute Gasteiger partial charge is 0.241 e. The Labute approximate surface area is 165 Å². The molecule has 28 heavy (non-hydrogen) atoms. The van der Waals surface area contributed by atoms with Crippen molar-refractivity contribution >= 4 is 5.91 Å². The molecule has 144 valence electrons. The Balaban J connectivity index is 1.61. The van der Waals surface area contributed by atoms with E-state index in [0.717, 1.165) is 0 Å². The molecule has 0 bridgehead atoms. The quantitative estimate of drug-likeness (QED) is 0.695. The van der Waals surface area contributed by atoms with E-state index in [0.29, 0.717) is 25.2 Å². The third kappa shape index (κ3) is 3.43. The summed E-state index contributed by atoms with van der Waals surface area (Å²) in [5.41, 5.74) is 3.04. The second kappa shape index (κ2) is 7.56. The van der Waals surface area contributed by atoms with E-state index in [1.165, 1.54) is 23.0 Å². The number of carbonyl (C=O) groups excluding carboxylic acids is 1. The third-order valence-corrected chi connectivity index (χ3v) is 5.69. The van der Waals surface area contributed by atoms with Crippen molar-refractivity contribution in [2.24, 2.45) is 0 Å². The number of fused-ring (bicyclic) bond motifs is 1. The zero-order valence-electron chi connectivity index (χ0n) is 16.2. The lowest BCUT2D eigenvalue weighted by atomic mass is 9.91. The highest BCUT2D eigenvalue weighted by atomic mass is 16.2. The van der Waals surface area contributed by atoms with Gasteiger partial charge in [0.25, 0.3) is 0 Å². The van der Waals surface area contributed by atoms with Crippen molar-refractivity contribution in [3.05, 3.63) is 83.4 Å². The molecule has 0 aliphatic heterocycles. The number of benzene rings is 2. The summed E-state index contributed by atoms with van der Waals surface area (Å²) in [7, 11) is 2.04. The van der Waals surface area contributed by atoms with E-state index in [2.05, 4.69) is 49.7 Å². The molecule has 2 aromatic carbocycles. The fraction of sp³-hybridized carbons (Fsp3) is 0.318. The van der Waals surface area contributed by atoms with Gasteiger partial charge in [0.05, 0.1) is 6.04 Å². The summed E-state index contributed by atoms with van der Waals surface area (Å²) >= 11 is 0. The first-order chi connectivity index (χ1) is 13.6. The van der Waals surface area contributed by atoms with Crippen molar-refractivity contribution in [1.29, 1.82) is 0 Å². The van der Waals surface area contributed by atoms with Crippen LogP contribution in [0.4, 0.5) is 0 Å². The van der Waals surface area contributed by atoms with Gasteiger partial charge in [0, 0.05) is 19.4 Å². The van der Waals surface area contributed by atoms with Gasteiger partial charge >= 0.3 is 0 Å². The van der Waals surface area contributed by atoms with Gasteiger partial charge in [-0.05, 0) is 30.7 Å². The second-order valence-corrected chi connectivity index (χ2v) is 7.56. The number of nitrogens with one attached hydrogen (secondary N) is 2. The molecule has 6 heteroatoms. The van der Waals surface area contributed by atoms with Gasteiger partial charge in [-0.25, -0.2) is 4.98 Å². The lowest BCUT2D eigenvalue weighted by molar-refractivity contribution is -0.133. The Bertz CT molecular complexity index is 914. The number of hydrogen-bond acceptors (Lipinski definition) is 4. The topological polar surface area (TPSA) is 73.9 Å². The summed E-state index contributed by atoms with van der Waals surface area (Å²) in [5, 5.41) is 9.89. The molecular weight excluding hydrogens is 350 g/mol. The maximum absolute atomic E-state index is 13.6. The van der Waals surface area contributed by atoms with E-state index in [1.807, 2.05) is 44.3 Å². The van der Waals surface area contributed by atoms with Gasteiger partial charge in [-0.2, -0.15) is 5.10 Å². The molecule has 1 aliphatic rings. The van der Waals surface area contributed by atoms with E-state index in [9.17, 15) is 4.79 Å². The Morgan fingerprint density at radius 3 is 2.39 bits per heavy atom. The highest BCUT2D eigenvalue weighted by Crippen LogP contribution is 2.35. The number of H-pyrrole nitrogens is 1. The largest absolute Gasteiger partial charge is 0.345 e. The molecule has 0 radical (unpaired) electrons. The third-order valence-electron chi connectivity index (χ3n) is 5.69. The molecular formula is C22H25N5O. The molecule has 1 heterocycles. The average Bonchev–Trinajstić information content (AvgIpc) is 3.37. The lowest BCUT2D eigenvalue weighted by Gasteiger charge is -2.38. The summed E-state index contributed by atoms with van der Waals surface area (Å²) in [4.78, 5) is 19.9. The summed E-state index contributed by atoms with van der Waals surface area (Å²) in [6.45, 7) is 2.63. The molecule has 2 N–H and O–H groups in total. The molecule has 3 aromatic rings. The number of aromatic amines is 1. The van der Waals surface area contributed by atoms with Crippen LogP contribution < -0.4 is 5.32 Å². The molecule has 0 saturated heterocycles. The Kier molecular flexibility index (Phi) is 4.96. The van der Waals surface area contributed by atoms with Crippen LogP contribution in [-0.2, 0) is 24.2 Å². The minimum absolute atomic E-state index is 0.0195. The fourth-order valence-corrected chi connectivity index (χ4v) is 4.03. The van der Waals surface area contributed by atoms with Crippen LogP contribution in [0.5, 0.6) is 0 Å². The summed E-state index contributed by atoms with van der Waals surface area (Å²) in [6.07, 6.45) is 2.85. The number of amides is 1. The lowest BCUT2D eigenvalue weighted by Crippen LogP contribution is -2.58. The van der Waals surface area contributed by atoms with Crippen molar-refractivity contribution < 1.29 is 4.79 Å². The maximum Gasteiger partial charge on any atom is 0.241 e. The first kappa shape index (κ1) is 18.4. The number of likely N-dealkylation sites (N-methyl/N-ethyl adjacent to an activating group) is 1. The van der Waals surface area contributed by atoms with Crippen molar-refractivity contribution in [1.82, 2.24) is 25.4 Å². The van der Waals surface area contributed by atoms with Gasteiger partial charge in [0.2, 0.25) is 5.91 Å². The number of aromatic nitrogens is 3. The Morgan fingerprint density at radius 2 is 1.79 bits per heavy atom. The molecule has 0 fully saturated rings. The SMILES string of the molecule is C[C@H](NC(=O)C1(N(C)Cc2ccccc2)Cc2ccccc2C1)c1ncn[nH]1. The molecule has 6 nitrogen and oxygen atoms in total. The monoisotopic (exact) mass is 375 g/mol. The van der Waals surface area contributed by atoms with E-state index in [4.69, 9.17) is 0 Å². The fourth-order valence-electron chi connectivity index (χ4n) is 4.03. The first-order valence-electron chi connectivity index (χ1n) is 9.57. The van der Waals surface area contributed by atoms with Gasteiger partial charge < -0.3 is 5.32 Å². The molecule has 1 atom stereocenters. The van der Waals surface area contributed by atoms with Crippen LogP contribution in [0, 0.1) is 0 Å². The van der Waals surface area contributed by atoms with Gasteiger partial charge in [0.1, 0.15) is 17.7 Å². The molecule has 1 aromatic heterocycles. The number of hydrogen-bond donors (Lipinski definition) is 2. The van der Waals surface area contributed by atoms with E-state index >= 15 is 0 Å². The molecule has 1 amide bonds. The maximum atomic E-state index is 13.6. The van der Waals surface area contributed by atoms with E-state index < -0.39 is 5.54 Å². The van der Waals surface area contributed by atoms with Crippen LogP contribution in [0.15, 0.2) is 60.9 Å². The Hall–Kier alpha value is -2.99. The van der Waals surface area contributed by atoms with Gasteiger partial charge in [-0.1, -0.05) is 54.6 Å². The van der Waals surface area contributed by atoms with Crippen LogP contribution in [0.1, 0.15) is 35.5 Å². The van der Waals surface area contributed by atoms with Gasteiger partial charge in [-0.15, -0.1) is 0 Å². The molecule has 4 rings (SSSR count). The van der Waals surface area contributed by atoms with E-state index in [-0.39, 0.29) is 11.9 Å². The predicted molar refractivity (Wildman–Crippen MR) is 107 cm³/mol. The number of nitrogens with zero attached hydrogens (tertiary/aromatic N) is 3. The molecule has 1 aliphatic carbocycles. The van der Waals surface area contributed by atoms with Gasteiger partial charge in [0.15, 0.2) is 0 Å². The summed E-state index contributed by atoms with van der Waals surface area (Å²) < 4.78 is 0. The van der Waals surface area contributed by atoms with Crippen LogP contribution in [-0.4, -0.2) is 38.6 Å². The average molecular weight is 375 g/mol.